The number of halogens is 1. The molecule has 116 valence electrons. The number of nitrogens with zero attached hydrogens (tertiary/aromatic N) is 1. The van der Waals surface area contributed by atoms with Gasteiger partial charge >= 0.3 is 0 Å². The van der Waals surface area contributed by atoms with Gasteiger partial charge in [-0.05, 0) is 37.6 Å². The van der Waals surface area contributed by atoms with Crippen LogP contribution in [0.4, 0.5) is 5.69 Å². The van der Waals surface area contributed by atoms with Crippen molar-refractivity contribution in [2.75, 3.05) is 5.32 Å². The van der Waals surface area contributed by atoms with Crippen molar-refractivity contribution in [2.45, 2.75) is 13.8 Å². The minimum Gasteiger partial charge on any atom is -0.321 e. The van der Waals surface area contributed by atoms with E-state index in [1.165, 1.54) is 11.3 Å². The molecule has 3 rings (SSSR count). The second-order valence-electron chi connectivity index (χ2n) is 5.21. The SMILES string of the molecule is Cc1ccccc1NC(=O)c1sc(-c2cccc(Cl)c2)nc1C. The number of benzene rings is 2. The molecule has 2 aromatic carbocycles. The number of aryl methyl sites for hydroxylation is 2. The number of thiazole rings is 1. The van der Waals surface area contributed by atoms with E-state index in [0.717, 1.165) is 27.5 Å². The number of rotatable bonds is 3. The molecule has 0 unspecified atom stereocenters. The summed E-state index contributed by atoms with van der Waals surface area (Å²) in [5.41, 5.74) is 3.48. The van der Waals surface area contributed by atoms with Crippen LogP contribution in [0, 0.1) is 13.8 Å². The van der Waals surface area contributed by atoms with Crippen LogP contribution in [0.3, 0.4) is 0 Å². The lowest BCUT2D eigenvalue weighted by atomic mass is 10.2. The smallest absolute Gasteiger partial charge is 0.267 e. The number of carbonyl (C=O) groups excluding carboxylic acids is 1. The average Bonchev–Trinajstić information content (AvgIpc) is 2.92. The molecular weight excluding hydrogens is 328 g/mol. The van der Waals surface area contributed by atoms with Crippen LogP contribution < -0.4 is 5.32 Å². The van der Waals surface area contributed by atoms with E-state index in [1.807, 2.05) is 62.4 Å². The van der Waals surface area contributed by atoms with Gasteiger partial charge in [0.2, 0.25) is 0 Å². The molecule has 5 heteroatoms. The van der Waals surface area contributed by atoms with Crippen molar-refractivity contribution in [1.82, 2.24) is 4.98 Å². The molecule has 1 N–H and O–H groups in total. The van der Waals surface area contributed by atoms with E-state index in [9.17, 15) is 4.79 Å². The van der Waals surface area contributed by atoms with Crippen LogP contribution in [0.2, 0.25) is 5.02 Å². The van der Waals surface area contributed by atoms with Gasteiger partial charge in [-0.2, -0.15) is 0 Å². The fourth-order valence-corrected chi connectivity index (χ4v) is 3.39. The Morgan fingerprint density at radius 1 is 1.13 bits per heavy atom. The van der Waals surface area contributed by atoms with Crippen molar-refractivity contribution in [2.24, 2.45) is 0 Å². The summed E-state index contributed by atoms with van der Waals surface area (Å²) in [4.78, 5) is 17.7. The quantitative estimate of drug-likeness (QED) is 0.698. The molecule has 3 aromatic rings. The first kappa shape index (κ1) is 15.7. The third kappa shape index (κ3) is 3.44. The molecule has 0 aliphatic carbocycles. The lowest BCUT2D eigenvalue weighted by Gasteiger charge is -2.06. The third-order valence-corrected chi connectivity index (χ3v) is 4.91. The number of aromatic nitrogens is 1. The topological polar surface area (TPSA) is 42.0 Å². The lowest BCUT2D eigenvalue weighted by Crippen LogP contribution is -2.12. The zero-order chi connectivity index (χ0) is 16.4. The number of carbonyl (C=O) groups is 1. The van der Waals surface area contributed by atoms with E-state index >= 15 is 0 Å². The van der Waals surface area contributed by atoms with E-state index in [4.69, 9.17) is 11.6 Å². The van der Waals surface area contributed by atoms with Gasteiger partial charge in [-0.3, -0.25) is 4.79 Å². The molecule has 0 fully saturated rings. The van der Waals surface area contributed by atoms with Gasteiger partial charge in [-0.25, -0.2) is 4.98 Å². The average molecular weight is 343 g/mol. The number of hydrogen-bond donors (Lipinski definition) is 1. The Hall–Kier alpha value is -2.17. The molecule has 0 aliphatic rings. The number of nitrogens with one attached hydrogen (secondary N) is 1. The maximum absolute atomic E-state index is 12.5. The van der Waals surface area contributed by atoms with Gasteiger partial charge in [-0.15, -0.1) is 11.3 Å². The first-order valence-electron chi connectivity index (χ1n) is 7.15. The summed E-state index contributed by atoms with van der Waals surface area (Å²) in [7, 11) is 0. The van der Waals surface area contributed by atoms with Gasteiger partial charge in [0.05, 0.1) is 5.69 Å². The van der Waals surface area contributed by atoms with Crippen LogP contribution in [0.1, 0.15) is 20.9 Å². The molecule has 3 nitrogen and oxygen atoms in total. The van der Waals surface area contributed by atoms with Crippen LogP contribution in [0.25, 0.3) is 10.6 Å². The van der Waals surface area contributed by atoms with Crippen molar-refractivity contribution < 1.29 is 4.79 Å². The summed E-state index contributed by atoms with van der Waals surface area (Å²) in [5.74, 6) is -0.137. The number of hydrogen-bond acceptors (Lipinski definition) is 3. The van der Waals surface area contributed by atoms with Crippen LogP contribution >= 0.6 is 22.9 Å². The molecular formula is C18H15ClN2OS. The van der Waals surface area contributed by atoms with Gasteiger partial charge in [-0.1, -0.05) is 41.9 Å². The van der Waals surface area contributed by atoms with E-state index in [-0.39, 0.29) is 5.91 Å². The molecule has 0 saturated carbocycles. The van der Waals surface area contributed by atoms with Gasteiger partial charge in [0.1, 0.15) is 9.88 Å². The number of amides is 1. The Balaban J connectivity index is 1.89. The summed E-state index contributed by atoms with van der Waals surface area (Å²) in [6, 6.07) is 15.2. The molecule has 0 saturated heterocycles. The Morgan fingerprint density at radius 2 is 1.91 bits per heavy atom. The molecule has 0 spiro atoms. The van der Waals surface area contributed by atoms with E-state index < -0.39 is 0 Å². The predicted octanol–water partition coefficient (Wildman–Crippen LogP) is 5.33. The minimum atomic E-state index is -0.137. The third-order valence-electron chi connectivity index (χ3n) is 3.47. The molecule has 23 heavy (non-hydrogen) atoms. The molecule has 0 atom stereocenters. The maximum Gasteiger partial charge on any atom is 0.267 e. The lowest BCUT2D eigenvalue weighted by molar-refractivity contribution is 0.102. The molecule has 0 aliphatic heterocycles. The fourth-order valence-electron chi connectivity index (χ4n) is 2.24. The van der Waals surface area contributed by atoms with Crippen LogP contribution in [-0.2, 0) is 0 Å². The minimum absolute atomic E-state index is 0.137. The Morgan fingerprint density at radius 3 is 2.65 bits per heavy atom. The Labute approximate surface area is 144 Å². The first-order valence-corrected chi connectivity index (χ1v) is 8.34. The largest absolute Gasteiger partial charge is 0.321 e. The van der Waals surface area contributed by atoms with Crippen molar-refractivity contribution in [3.05, 3.63) is 69.7 Å². The highest BCUT2D eigenvalue weighted by atomic mass is 35.5. The maximum atomic E-state index is 12.5. The van der Waals surface area contributed by atoms with Gasteiger partial charge in [0.25, 0.3) is 5.91 Å². The summed E-state index contributed by atoms with van der Waals surface area (Å²) in [6.07, 6.45) is 0. The number of para-hydroxylation sites is 1. The van der Waals surface area contributed by atoms with Crippen LogP contribution in [0.5, 0.6) is 0 Å². The van der Waals surface area contributed by atoms with Crippen molar-refractivity contribution in [3.8, 4) is 10.6 Å². The van der Waals surface area contributed by atoms with Gasteiger partial charge < -0.3 is 5.32 Å². The van der Waals surface area contributed by atoms with E-state index in [0.29, 0.717) is 9.90 Å². The summed E-state index contributed by atoms with van der Waals surface area (Å²) < 4.78 is 0. The summed E-state index contributed by atoms with van der Waals surface area (Å²) >= 11 is 7.40. The summed E-state index contributed by atoms with van der Waals surface area (Å²) in [5, 5.41) is 4.39. The number of anilines is 1. The molecule has 1 aromatic heterocycles. The molecule has 1 heterocycles. The molecule has 1 amide bonds. The highest BCUT2D eigenvalue weighted by Crippen LogP contribution is 2.30. The second kappa shape index (κ2) is 6.52. The van der Waals surface area contributed by atoms with Crippen molar-refractivity contribution in [3.63, 3.8) is 0 Å². The fraction of sp³-hybridized carbons (Fsp3) is 0.111. The monoisotopic (exact) mass is 342 g/mol. The molecule has 0 radical (unpaired) electrons. The highest BCUT2D eigenvalue weighted by Gasteiger charge is 2.17. The van der Waals surface area contributed by atoms with E-state index in [1.54, 1.807) is 0 Å². The van der Waals surface area contributed by atoms with Crippen LogP contribution in [0.15, 0.2) is 48.5 Å². The normalized spacial score (nSPS) is 10.6. The second-order valence-corrected chi connectivity index (χ2v) is 6.65. The zero-order valence-electron chi connectivity index (χ0n) is 12.8. The van der Waals surface area contributed by atoms with E-state index in [2.05, 4.69) is 10.3 Å². The highest BCUT2D eigenvalue weighted by molar-refractivity contribution is 7.17. The predicted molar refractivity (Wildman–Crippen MR) is 96.4 cm³/mol. The standard InChI is InChI=1S/C18H15ClN2OS/c1-11-6-3-4-9-15(11)21-17(22)16-12(2)20-18(23-16)13-7-5-8-14(19)10-13/h3-10H,1-2H3,(H,21,22). The Bertz CT molecular complexity index is 873. The van der Waals surface area contributed by atoms with Gasteiger partial charge in [0.15, 0.2) is 0 Å². The molecule has 0 bridgehead atoms. The summed E-state index contributed by atoms with van der Waals surface area (Å²) in [6.45, 7) is 3.81. The zero-order valence-corrected chi connectivity index (χ0v) is 14.3. The van der Waals surface area contributed by atoms with Gasteiger partial charge in [0, 0.05) is 16.3 Å². The van der Waals surface area contributed by atoms with Crippen molar-refractivity contribution in [1.29, 1.82) is 0 Å². The Kier molecular flexibility index (Phi) is 4.46. The van der Waals surface area contributed by atoms with Crippen molar-refractivity contribution >= 4 is 34.5 Å². The van der Waals surface area contributed by atoms with Crippen LogP contribution in [-0.4, -0.2) is 10.9 Å². The first-order chi connectivity index (χ1) is 11.0.